The van der Waals surface area contributed by atoms with Gasteiger partial charge >= 0.3 is 0 Å². The van der Waals surface area contributed by atoms with Gasteiger partial charge in [-0.25, -0.2) is 0 Å². The molecule has 1 aromatic heterocycles. The Balaban J connectivity index is 1.67. The van der Waals surface area contributed by atoms with Crippen LogP contribution in [0.15, 0.2) is 30.5 Å². The number of fused-ring (bicyclic) bond motifs is 1. The number of nitrogens with one attached hydrogen (secondary N) is 1. The molecule has 1 N–H and O–H groups in total. The normalized spacial score (nSPS) is 16.1. The summed E-state index contributed by atoms with van der Waals surface area (Å²) in [6, 6.07) is 8.22. The first-order valence-electron chi connectivity index (χ1n) is 8.33. The molecule has 0 bridgehead atoms. The maximum atomic E-state index is 11.8. The molecule has 0 aliphatic carbocycles. The zero-order valence-electron chi connectivity index (χ0n) is 13.9. The SMILES string of the molecule is CC(C)C(=O)Nc1ccc2c(ccn2CCN2CCOCC2)c1. The molecule has 2 heterocycles. The highest BCUT2D eigenvalue weighted by molar-refractivity contribution is 5.94. The van der Waals surface area contributed by atoms with Gasteiger partial charge in [-0.2, -0.15) is 0 Å². The first-order valence-corrected chi connectivity index (χ1v) is 8.33. The molecule has 5 heteroatoms. The quantitative estimate of drug-likeness (QED) is 0.922. The van der Waals surface area contributed by atoms with Gasteiger partial charge in [0, 0.05) is 54.9 Å². The second kappa shape index (κ2) is 7.15. The van der Waals surface area contributed by atoms with Crippen LogP contribution < -0.4 is 5.32 Å². The Bertz CT molecular complexity index is 672. The van der Waals surface area contributed by atoms with Crippen LogP contribution in [0, 0.1) is 5.92 Å². The summed E-state index contributed by atoms with van der Waals surface area (Å²) in [5, 5.41) is 4.12. The fraction of sp³-hybridized carbons (Fsp3) is 0.500. The summed E-state index contributed by atoms with van der Waals surface area (Å²) in [6.45, 7) is 9.53. The van der Waals surface area contributed by atoms with Crippen LogP contribution in [0.5, 0.6) is 0 Å². The van der Waals surface area contributed by atoms with Crippen molar-refractivity contribution in [3.8, 4) is 0 Å². The van der Waals surface area contributed by atoms with E-state index in [9.17, 15) is 4.79 Å². The van der Waals surface area contributed by atoms with E-state index in [1.807, 2.05) is 26.0 Å². The monoisotopic (exact) mass is 315 g/mol. The van der Waals surface area contributed by atoms with Gasteiger partial charge < -0.3 is 14.6 Å². The van der Waals surface area contributed by atoms with Gasteiger partial charge in [-0.3, -0.25) is 9.69 Å². The van der Waals surface area contributed by atoms with E-state index in [-0.39, 0.29) is 11.8 Å². The number of nitrogens with zero attached hydrogens (tertiary/aromatic N) is 2. The Morgan fingerprint density at radius 2 is 2.00 bits per heavy atom. The van der Waals surface area contributed by atoms with Gasteiger partial charge in [0.1, 0.15) is 0 Å². The number of ether oxygens (including phenoxy) is 1. The standard InChI is InChI=1S/C18H25N3O2/c1-14(2)18(22)19-16-3-4-17-15(13-16)5-6-21(17)8-7-20-9-11-23-12-10-20/h3-6,13-14H,7-12H2,1-2H3,(H,19,22). The highest BCUT2D eigenvalue weighted by Crippen LogP contribution is 2.21. The van der Waals surface area contributed by atoms with Gasteiger partial charge in [0.15, 0.2) is 0 Å². The van der Waals surface area contributed by atoms with Crippen LogP contribution in [-0.2, 0) is 16.1 Å². The minimum absolute atomic E-state index is 0.0104. The molecule has 0 unspecified atom stereocenters. The summed E-state index contributed by atoms with van der Waals surface area (Å²) in [7, 11) is 0. The fourth-order valence-electron chi connectivity index (χ4n) is 2.83. The molecule has 1 saturated heterocycles. The minimum Gasteiger partial charge on any atom is -0.379 e. The number of carbonyl (C=O) groups excluding carboxylic acids is 1. The Kier molecular flexibility index (Phi) is 4.98. The van der Waals surface area contributed by atoms with Gasteiger partial charge in [-0.05, 0) is 24.3 Å². The molecular formula is C18H25N3O2. The van der Waals surface area contributed by atoms with Crippen molar-refractivity contribution in [3.63, 3.8) is 0 Å². The molecule has 1 aromatic carbocycles. The zero-order chi connectivity index (χ0) is 16.2. The van der Waals surface area contributed by atoms with E-state index >= 15 is 0 Å². The van der Waals surface area contributed by atoms with Crippen molar-refractivity contribution in [2.45, 2.75) is 20.4 Å². The summed E-state index contributed by atoms with van der Waals surface area (Å²) in [6.07, 6.45) is 2.12. The van der Waals surface area contributed by atoms with Crippen LogP contribution in [0.1, 0.15) is 13.8 Å². The number of anilines is 1. The summed E-state index contributed by atoms with van der Waals surface area (Å²) >= 11 is 0. The average Bonchev–Trinajstić information content (AvgIpc) is 2.96. The Morgan fingerprint density at radius 1 is 1.22 bits per heavy atom. The number of morpholine rings is 1. The summed E-state index contributed by atoms with van der Waals surface area (Å²) in [5.74, 6) is 0.0416. The molecule has 1 aliphatic rings. The van der Waals surface area contributed by atoms with E-state index in [1.165, 1.54) is 5.52 Å². The van der Waals surface area contributed by atoms with Crippen LogP contribution in [0.2, 0.25) is 0 Å². The molecule has 3 rings (SSSR count). The van der Waals surface area contributed by atoms with E-state index in [1.54, 1.807) is 0 Å². The summed E-state index contributed by atoms with van der Waals surface area (Å²) in [5.41, 5.74) is 2.07. The molecule has 1 amide bonds. The average molecular weight is 315 g/mol. The van der Waals surface area contributed by atoms with Crippen molar-refractivity contribution in [2.24, 2.45) is 5.92 Å². The first-order chi connectivity index (χ1) is 11.1. The van der Waals surface area contributed by atoms with Crippen LogP contribution in [-0.4, -0.2) is 48.2 Å². The number of amides is 1. The molecule has 23 heavy (non-hydrogen) atoms. The number of hydrogen-bond acceptors (Lipinski definition) is 3. The topological polar surface area (TPSA) is 46.5 Å². The zero-order valence-corrected chi connectivity index (χ0v) is 13.9. The predicted octanol–water partition coefficient (Wildman–Crippen LogP) is 2.57. The van der Waals surface area contributed by atoms with Gasteiger partial charge in [0.05, 0.1) is 13.2 Å². The lowest BCUT2D eigenvalue weighted by Crippen LogP contribution is -2.38. The van der Waals surface area contributed by atoms with Gasteiger partial charge in [-0.1, -0.05) is 13.8 Å². The molecular weight excluding hydrogens is 290 g/mol. The van der Waals surface area contributed by atoms with Gasteiger partial charge in [0.25, 0.3) is 0 Å². The van der Waals surface area contributed by atoms with Crippen LogP contribution >= 0.6 is 0 Å². The third-order valence-electron chi connectivity index (χ3n) is 4.32. The van der Waals surface area contributed by atoms with E-state index < -0.39 is 0 Å². The fourth-order valence-corrected chi connectivity index (χ4v) is 2.83. The van der Waals surface area contributed by atoms with E-state index in [0.717, 1.165) is 50.5 Å². The number of aromatic nitrogens is 1. The highest BCUT2D eigenvalue weighted by atomic mass is 16.5. The van der Waals surface area contributed by atoms with Gasteiger partial charge in [-0.15, -0.1) is 0 Å². The maximum absolute atomic E-state index is 11.8. The summed E-state index contributed by atoms with van der Waals surface area (Å²) < 4.78 is 7.66. The molecule has 124 valence electrons. The number of hydrogen-bond donors (Lipinski definition) is 1. The molecule has 0 saturated carbocycles. The number of benzene rings is 1. The Hall–Kier alpha value is -1.85. The number of rotatable bonds is 5. The van der Waals surface area contributed by atoms with Crippen molar-refractivity contribution < 1.29 is 9.53 Å². The molecule has 0 radical (unpaired) electrons. The smallest absolute Gasteiger partial charge is 0.226 e. The lowest BCUT2D eigenvalue weighted by atomic mass is 10.2. The molecule has 0 spiro atoms. The number of carbonyl (C=O) groups is 1. The van der Waals surface area contributed by atoms with Crippen molar-refractivity contribution in [2.75, 3.05) is 38.2 Å². The van der Waals surface area contributed by atoms with Crippen LogP contribution in [0.4, 0.5) is 5.69 Å². The van der Waals surface area contributed by atoms with Crippen LogP contribution in [0.25, 0.3) is 10.9 Å². The Morgan fingerprint density at radius 3 is 2.74 bits per heavy atom. The van der Waals surface area contributed by atoms with Crippen molar-refractivity contribution in [3.05, 3.63) is 30.5 Å². The third-order valence-corrected chi connectivity index (χ3v) is 4.32. The predicted molar refractivity (Wildman–Crippen MR) is 92.7 cm³/mol. The molecule has 0 atom stereocenters. The second-order valence-corrected chi connectivity index (χ2v) is 6.38. The third kappa shape index (κ3) is 3.92. The van der Waals surface area contributed by atoms with E-state index in [2.05, 4.69) is 33.1 Å². The van der Waals surface area contributed by atoms with Gasteiger partial charge in [0.2, 0.25) is 5.91 Å². The minimum atomic E-state index is -0.0104. The second-order valence-electron chi connectivity index (χ2n) is 6.38. The van der Waals surface area contributed by atoms with E-state index in [0.29, 0.717) is 0 Å². The molecule has 1 aliphatic heterocycles. The molecule has 5 nitrogen and oxygen atoms in total. The van der Waals surface area contributed by atoms with Crippen LogP contribution in [0.3, 0.4) is 0 Å². The molecule has 2 aromatic rings. The highest BCUT2D eigenvalue weighted by Gasteiger charge is 2.11. The van der Waals surface area contributed by atoms with E-state index in [4.69, 9.17) is 4.74 Å². The van der Waals surface area contributed by atoms with Crippen molar-refractivity contribution >= 4 is 22.5 Å². The lowest BCUT2D eigenvalue weighted by molar-refractivity contribution is -0.118. The maximum Gasteiger partial charge on any atom is 0.226 e. The van der Waals surface area contributed by atoms with Crippen molar-refractivity contribution in [1.82, 2.24) is 9.47 Å². The molecule has 1 fully saturated rings. The van der Waals surface area contributed by atoms with Crippen molar-refractivity contribution in [1.29, 1.82) is 0 Å². The largest absolute Gasteiger partial charge is 0.379 e. The first kappa shape index (κ1) is 16.0. The lowest BCUT2D eigenvalue weighted by Gasteiger charge is -2.26. The Labute approximate surface area is 137 Å². The summed E-state index contributed by atoms with van der Waals surface area (Å²) in [4.78, 5) is 14.2.